The van der Waals surface area contributed by atoms with E-state index in [9.17, 15) is 9.59 Å². The molecule has 2 aromatic rings. The number of hydrogen-bond donors (Lipinski definition) is 2. The molecule has 1 aromatic carbocycles. The Labute approximate surface area is 102 Å². The number of ether oxygens (including phenoxy) is 1. The number of hydroxylamine groups is 1. The van der Waals surface area contributed by atoms with Gasteiger partial charge in [0.25, 0.3) is 0 Å². The molecule has 0 saturated heterocycles. The second kappa shape index (κ2) is 4.89. The summed E-state index contributed by atoms with van der Waals surface area (Å²) in [4.78, 5) is 22.6. The maximum Gasteiger partial charge on any atom is 0.339 e. The van der Waals surface area contributed by atoms with Crippen LogP contribution in [0.25, 0.3) is 11.0 Å². The van der Waals surface area contributed by atoms with Crippen LogP contribution < -0.4 is 15.8 Å². The lowest BCUT2D eigenvalue weighted by Gasteiger charge is -2.03. The zero-order valence-electron chi connectivity index (χ0n) is 9.60. The smallest absolute Gasteiger partial charge is 0.339 e. The number of fused-ring (bicyclic) bond motifs is 1. The molecule has 94 valence electrons. The van der Waals surface area contributed by atoms with E-state index >= 15 is 0 Å². The Kier molecular flexibility index (Phi) is 3.29. The second-order valence-corrected chi connectivity index (χ2v) is 3.67. The van der Waals surface area contributed by atoms with E-state index in [2.05, 4.69) is 0 Å². The summed E-state index contributed by atoms with van der Waals surface area (Å²) in [5, 5.41) is 9.08. The number of carbonyl (C=O) groups is 1. The maximum atomic E-state index is 11.6. The van der Waals surface area contributed by atoms with Gasteiger partial charge in [-0.05, 0) is 24.3 Å². The zero-order chi connectivity index (χ0) is 13.1. The van der Waals surface area contributed by atoms with Crippen molar-refractivity contribution < 1.29 is 19.2 Å². The van der Waals surface area contributed by atoms with E-state index in [1.807, 2.05) is 0 Å². The Bertz CT molecular complexity index is 646. The first-order valence-corrected chi connectivity index (χ1v) is 5.17. The molecule has 0 aliphatic rings. The van der Waals surface area contributed by atoms with Crippen LogP contribution in [0.1, 0.15) is 5.56 Å². The van der Waals surface area contributed by atoms with Gasteiger partial charge in [0.2, 0.25) is 5.91 Å². The van der Waals surface area contributed by atoms with E-state index in [0.29, 0.717) is 16.7 Å². The molecule has 2 N–H and O–H groups in total. The van der Waals surface area contributed by atoms with Gasteiger partial charge in [0, 0.05) is 10.9 Å². The number of nitrogens with one attached hydrogen (secondary N) is 1. The highest BCUT2D eigenvalue weighted by molar-refractivity contribution is 5.81. The van der Waals surface area contributed by atoms with Gasteiger partial charge in [-0.1, -0.05) is 0 Å². The molecule has 0 atom stereocenters. The normalized spacial score (nSPS) is 10.3. The third-order valence-electron chi connectivity index (χ3n) is 2.49. The van der Waals surface area contributed by atoms with Crippen LogP contribution in [-0.2, 0) is 11.2 Å². The molecule has 2 rings (SSSR count). The molecule has 0 unspecified atom stereocenters. The van der Waals surface area contributed by atoms with Crippen molar-refractivity contribution in [1.29, 1.82) is 0 Å². The summed E-state index contributed by atoms with van der Waals surface area (Å²) in [7, 11) is 1.53. The van der Waals surface area contributed by atoms with Gasteiger partial charge in [-0.25, -0.2) is 10.3 Å². The molecule has 0 spiro atoms. The third kappa shape index (κ3) is 2.33. The van der Waals surface area contributed by atoms with Crippen molar-refractivity contribution in [2.24, 2.45) is 0 Å². The Morgan fingerprint density at radius 1 is 1.44 bits per heavy atom. The minimum absolute atomic E-state index is 0.169. The van der Waals surface area contributed by atoms with E-state index in [1.165, 1.54) is 12.6 Å². The van der Waals surface area contributed by atoms with Gasteiger partial charge in [0.1, 0.15) is 11.3 Å². The summed E-state index contributed by atoms with van der Waals surface area (Å²) in [6.07, 6.45) is -0.244. The zero-order valence-corrected chi connectivity index (χ0v) is 9.60. The van der Waals surface area contributed by atoms with Crippen LogP contribution in [0.2, 0.25) is 0 Å². The molecule has 1 aromatic heterocycles. The molecule has 18 heavy (non-hydrogen) atoms. The SMILES string of the molecule is COc1ccc2oc(=O)c(CC(=O)NO)cc2c1. The molecule has 6 heteroatoms. The summed E-state index contributed by atoms with van der Waals surface area (Å²) in [6.45, 7) is 0. The van der Waals surface area contributed by atoms with Crippen LogP contribution in [0.15, 0.2) is 33.5 Å². The fourth-order valence-electron chi connectivity index (χ4n) is 1.61. The van der Waals surface area contributed by atoms with E-state index < -0.39 is 11.5 Å². The average Bonchev–Trinajstić information content (AvgIpc) is 2.39. The number of methoxy groups -OCH3 is 1. The van der Waals surface area contributed by atoms with Crippen molar-refractivity contribution in [3.05, 3.63) is 40.2 Å². The van der Waals surface area contributed by atoms with Crippen molar-refractivity contribution in [3.8, 4) is 5.75 Å². The highest BCUT2D eigenvalue weighted by atomic mass is 16.5. The van der Waals surface area contributed by atoms with Gasteiger partial charge in [-0.2, -0.15) is 0 Å². The first-order chi connectivity index (χ1) is 8.63. The summed E-state index contributed by atoms with van der Waals surface area (Å²) < 4.78 is 10.1. The first kappa shape index (κ1) is 12.1. The molecule has 1 amide bonds. The lowest BCUT2D eigenvalue weighted by Crippen LogP contribution is -2.23. The first-order valence-electron chi connectivity index (χ1n) is 5.17. The highest BCUT2D eigenvalue weighted by Crippen LogP contribution is 2.20. The van der Waals surface area contributed by atoms with E-state index in [0.717, 1.165) is 0 Å². The number of rotatable bonds is 3. The molecule has 1 heterocycles. The second-order valence-electron chi connectivity index (χ2n) is 3.67. The summed E-state index contributed by atoms with van der Waals surface area (Å²) in [6, 6.07) is 6.52. The Balaban J connectivity index is 2.51. The van der Waals surface area contributed by atoms with Crippen molar-refractivity contribution in [1.82, 2.24) is 5.48 Å². The third-order valence-corrected chi connectivity index (χ3v) is 2.49. The minimum atomic E-state index is -0.676. The van der Waals surface area contributed by atoms with Gasteiger partial charge in [-0.3, -0.25) is 10.0 Å². The van der Waals surface area contributed by atoms with Crippen LogP contribution in [0, 0.1) is 0 Å². The fourth-order valence-corrected chi connectivity index (χ4v) is 1.61. The summed E-state index contributed by atoms with van der Waals surface area (Å²) in [5.74, 6) is -0.0570. The van der Waals surface area contributed by atoms with Crippen LogP contribution in [0.4, 0.5) is 0 Å². The molecular formula is C12H11NO5. The van der Waals surface area contributed by atoms with Crippen molar-refractivity contribution in [3.63, 3.8) is 0 Å². The molecule has 0 saturated carbocycles. The lowest BCUT2D eigenvalue weighted by molar-refractivity contribution is -0.128. The summed E-state index contributed by atoms with van der Waals surface area (Å²) in [5.41, 5.74) is 1.45. The minimum Gasteiger partial charge on any atom is -0.497 e. The standard InChI is InChI=1S/C12H11NO5/c1-17-9-2-3-10-7(5-9)4-8(12(15)18-10)6-11(14)13-16/h2-5,16H,6H2,1H3,(H,13,14). The number of carbonyl (C=O) groups excluding carboxylic acids is 1. The van der Waals surface area contributed by atoms with Gasteiger partial charge >= 0.3 is 5.63 Å². The average molecular weight is 249 g/mol. The Hall–Kier alpha value is -2.34. The monoisotopic (exact) mass is 249 g/mol. The van der Waals surface area contributed by atoms with E-state index in [1.54, 1.807) is 24.3 Å². The molecule has 0 aliphatic carbocycles. The van der Waals surface area contributed by atoms with Gasteiger partial charge in [0.15, 0.2) is 0 Å². The number of hydrogen-bond acceptors (Lipinski definition) is 5. The number of amides is 1. The lowest BCUT2D eigenvalue weighted by atomic mass is 10.1. The van der Waals surface area contributed by atoms with Crippen molar-refractivity contribution in [2.45, 2.75) is 6.42 Å². The Morgan fingerprint density at radius 2 is 2.22 bits per heavy atom. The van der Waals surface area contributed by atoms with Gasteiger partial charge < -0.3 is 9.15 Å². The summed E-state index contributed by atoms with van der Waals surface area (Å²) >= 11 is 0. The van der Waals surface area contributed by atoms with Crippen molar-refractivity contribution in [2.75, 3.05) is 7.11 Å². The largest absolute Gasteiger partial charge is 0.497 e. The maximum absolute atomic E-state index is 11.6. The quantitative estimate of drug-likeness (QED) is 0.478. The van der Waals surface area contributed by atoms with E-state index in [4.69, 9.17) is 14.4 Å². The predicted molar refractivity (Wildman–Crippen MR) is 62.7 cm³/mol. The molecule has 6 nitrogen and oxygen atoms in total. The molecule has 0 fully saturated rings. The fraction of sp³-hybridized carbons (Fsp3) is 0.167. The molecule has 0 bridgehead atoms. The van der Waals surface area contributed by atoms with Crippen LogP contribution >= 0.6 is 0 Å². The Morgan fingerprint density at radius 3 is 2.89 bits per heavy atom. The van der Waals surface area contributed by atoms with Crippen LogP contribution in [-0.4, -0.2) is 18.2 Å². The van der Waals surface area contributed by atoms with Crippen LogP contribution in [0.3, 0.4) is 0 Å². The topological polar surface area (TPSA) is 88.8 Å². The van der Waals surface area contributed by atoms with Crippen molar-refractivity contribution >= 4 is 16.9 Å². The van der Waals surface area contributed by atoms with E-state index in [-0.39, 0.29) is 12.0 Å². The van der Waals surface area contributed by atoms with Gasteiger partial charge in [0.05, 0.1) is 13.5 Å². The predicted octanol–water partition coefficient (Wildman–Crippen LogP) is 0.849. The van der Waals surface area contributed by atoms with Crippen LogP contribution in [0.5, 0.6) is 5.75 Å². The number of benzene rings is 1. The molecular weight excluding hydrogens is 238 g/mol. The molecule has 0 radical (unpaired) electrons. The molecule has 0 aliphatic heterocycles. The van der Waals surface area contributed by atoms with Gasteiger partial charge in [-0.15, -0.1) is 0 Å². The highest BCUT2D eigenvalue weighted by Gasteiger charge is 2.10.